The Morgan fingerprint density at radius 1 is 0.622 bits per heavy atom. The van der Waals surface area contributed by atoms with E-state index in [4.69, 9.17) is 0 Å². The van der Waals surface area contributed by atoms with Gasteiger partial charge in [-0.3, -0.25) is 0 Å². The first-order valence-electron chi connectivity index (χ1n) is 13.0. The number of unbranched alkanes of at least 4 members (excludes halogenated alkanes) is 8. The molecule has 0 saturated carbocycles. The van der Waals surface area contributed by atoms with Gasteiger partial charge in [0.2, 0.25) is 9.84 Å². The number of carboxylic acid groups (broad SMARTS) is 2. The Bertz CT molecular complexity index is 1110. The van der Waals surface area contributed by atoms with E-state index in [1.54, 1.807) is 0 Å². The van der Waals surface area contributed by atoms with Crippen molar-refractivity contribution in [1.29, 1.82) is 0 Å². The van der Waals surface area contributed by atoms with Gasteiger partial charge in [0.05, 0.1) is 11.1 Å². The van der Waals surface area contributed by atoms with Gasteiger partial charge in [0.15, 0.2) is 0 Å². The smallest absolute Gasteiger partial charge is 0.336 e. The number of aromatic hydroxyl groups is 2. The van der Waals surface area contributed by atoms with Gasteiger partial charge in [-0.2, -0.15) is 0 Å². The summed E-state index contributed by atoms with van der Waals surface area (Å²) in [5, 5.41) is 40.9. The minimum absolute atomic E-state index is 0.0435. The van der Waals surface area contributed by atoms with Crippen molar-refractivity contribution in [2.75, 3.05) is 0 Å². The van der Waals surface area contributed by atoms with E-state index >= 15 is 0 Å². The van der Waals surface area contributed by atoms with E-state index < -0.39 is 43.1 Å². The number of carbonyl (C=O) groups is 2. The van der Waals surface area contributed by atoms with Crippen molar-refractivity contribution in [3.05, 3.63) is 46.5 Å². The van der Waals surface area contributed by atoms with Crippen molar-refractivity contribution in [2.45, 2.75) is 101 Å². The third-order valence-corrected chi connectivity index (χ3v) is 8.52. The molecule has 0 aliphatic rings. The van der Waals surface area contributed by atoms with Crippen molar-refractivity contribution in [1.82, 2.24) is 0 Å². The number of benzene rings is 2. The van der Waals surface area contributed by atoms with Gasteiger partial charge in [0.1, 0.15) is 21.3 Å². The second-order valence-electron chi connectivity index (χ2n) is 9.32. The summed E-state index contributed by atoms with van der Waals surface area (Å²) >= 11 is 0. The molecule has 0 aliphatic carbocycles. The van der Waals surface area contributed by atoms with Crippen molar-refractivity contribution in [3.8, 4) is 11.5 Å². The average molecular weight is 535 g/mol. The van der Waals surface area contributed by atoms with E-state index in [9.17, 15) is 38.4 Å². The maximum absolute atomic E-state index is 14.0. The number of phenols is 2. The predicted octanol–water partition coefficient (Wildman–Crippen LogP) is 6.35. The normalized spacial score (nSPS) is 11.5. The lowest BCUT2D eigenvalue weighted by molar-refractivity contribution is 0.0684. The third-order valence-electron chi connectivity index (χ3n) is 6.54. The molecule has 37 heavy (non-hydrogen) atoms. The molecule has 0 bridgehead atoms. The van der Waals surface area contributed by atoms with Crippen molar-refractivity contribution >= 4 is 21.8 Å². The summed E-state index contributed by atoms with van der Waals surface area (Å²) in [5.74, 6) is -3.94. The molecule has 204 valence electrons. The number of hydrogen-bond donors (Lipinski definition) is 4. The largest absolute Gasteiger partial charge is 0.507 e. The molecule has 4 N–H and O–H groups in total. The number of aromatic carboxylic acids is 2. The molecule has 9 heteroatoms. The SMILES string of the molecule is CCCCCCCc1c(C(=O)O)ccc(O)c1S(=O)(=O)c1c(O)ccc(C(=O)O)c1CCCCCCC. The Hall–Kier alpha value is -3.07. The fourth-order valence-corrected chi connectivity index (χ4v) is 6.60. The molecule has 0 aliphatic heterocycles. The highest BCUT2D eigenvalue weighted by atomic mass is 32.2. The summed E-state index contributed by atoms with van der Waals surface area (Å²) in [5.41, 5.74) is -0.584. The van der Waals surface area contributed by atoms with E-state index in [-0.39, 0.29) is 35.1 Å². The predicted molar refractivity (Wildman–Crippen MR) is 141 cm³/mol. The number of sulfone groups is 1. The molecule has 2 aromatic rings. The van der Waals surface area contributed by atoms with E-state index in [2.05, 4.69) is 13.8 Å². The Morgan fingerprint density at radius 3 is 1.30 bits per heavy atom. The van der Waals surface area contributed by atoms with Gasteiger partial charge in [-0.1, -0.05) is 65.2 Å². The van der Waals surface area contributed by atoms with Crippen LogP contribution in [0.15, 0.2) is 34.1 Å². The van der Waals surface area contributed by atoms with E-state index in [1.807, 2.05) is 0 Å². The minimum Gasteiger partial charge on any atom is -0.507 e. The van der Waals surface area contributed by atoms with Crippen LogP contribution in [0.1, 0.15) is 110 Å². The average Bonchev–Trinajstić information content (AvgIpc) is 2.83. The molecule has 2 rings (SSSR count). The number of hydrogen-bond acceptors (Lipinski definition) is 6. The monoisotopic (exact) mass is 534 g/mol. The van der Waals surface area contributed by atoms with Crippen LogP contribution in [0.2, 0.25) is 0 Å². The lowest BCUT2D eigenvalue weighted by Crippen LogP contribution is -2.15. The van der Waals surface area contributed by atoms with Crippen LogP contribution in [-0.4, -0.2) is 40.8 Å². The van der Waals surface area contributed by atoms with E-state index in [0.29, 0.717) is 12.8 Å². The van der Waals surface area contributed by atoms with Crippen molar-refractivity contribution in [3.63, 3.8) is 0 Å². The van der Waals surface area contributed by atoms with Gasteiger partial charge >= 0.3 is 11.9 Å². The van der Waals surface area contributed by atoms with Crippen LogP contribution in [0.25, 0.3) is 0 Å². The number of carboxylic acids is 2. The third kappa shape index (κ3) is 7.47. The Kier molecular flexibility index (Phi) is 11.4. The zero-order chi connectivity index (χ0) is 27.6. The molecule has 0 unspecified atom stereocenters. The Morgan fingerprint density at radius 2 is 0.973 bits per heavy atom. The van der Waals surface area contributed by atoms with Crippen LogP contribution in [0, 0.1) is 0 Å². The molecule has 0 aromatic heterocycles. The topological polar surface area (TPSA) is 149 Å². The van der Waals surface area contributed by atoms with Crippen LogP contribution >= 0.6 is 0 Å². The number of rotatable bonds is 16. The highest BCUT2D eigenvalue weighted by Crippen LogP contribution is 2.41. The van der Waals surface area contributed by atoms with Crippen molar-refractivity contribution in [2.24, 2.45) is 0 Å². The standard InChI is InChI=1S/C28H38O8S/c1-3-5-7-9-11-13-19-21(27(31)32)15-17-23(29)25(19)37(35,36)26-20(14-12-10-8-6-4-2)22(28(33)34)16-18-24(26)30/h15-18,29-30H,3-14H2,1-2H3,(H,31,32)(H,33,34). The molecule has 2 aromatic carbocycles. The van der Waals surface area contributed by atoms with Gasteiger partial charge in [0.25, 0.3) is 0 Å². The summed E-state index contributed by atoms with van der Waals surface area (Å²) in [7, 11) is -4.70. The fourth-order valence-electron chi connectivity index (χ4n) is 4.64. The van der Waals surface area contributed by atoms with Gasteiger partial charge in [-0.25, -0.2) is 18.0 Å². The summed E-state index contributed by atoms with van der Waals surface area (Å²) in [6, 6.07) is 4.36. The van der Waals surface area contributed by atoms with E-state index in [0.717, 1.165) is 63.5 Å². The Labute approximate surface area is 218 Å². The van der Waals surface area contributed by atoms with Gasteiger partial charge < -0.3 is 20.4 Å². The zero-order valence-corrected chi connectivity index (χ0v) is 22.4. The molecule has 0 saturated heterocycles. The molecule has 0 radical (unpaired) electrons. The molecule has 0 atom stereocenters. The number of phenolic OH excluding ortho intramolecular Hbond substituents is 2. The van der Waals surface area contributed by atoms with Crippen LogP contribution in [0.4, 0.5) is 0 Å². The minimum atomic E-state index is -4.70. The molecule has 8 nitrogen and oxygen atoms in total. The van der Waals surface area contributed by atoms with Crippen LogP contribution in [-0.2, 0) is 22.7 Å². The maximum Gasteiger partial charge on any atom is 0.336 e. The molecule has 0 amide bonds. The van der Waals surface area contributed by atoms with Crippen molar-refractivity contribution < 1.29 is 38.4 Å². The molecule has 0 fully saturated rings. The molecular weight excluding hydrogens is 496 g/mol. The molecule has 0 heterocycles. The van der Waals surface area contributed by atoms with Gasteiger partial charge in [0, 0.05) is 0 Å². The zero-order valence-electron chi connectivity index (χ0n) is 21.6. The lowest BCUT2D eigenvalue weighted by atomic mass is 9.99. The molecular formula is C28H38O8S. The van der Waals surface area contributed by atoms with Gasteiger partial charge in [-0.05, 0) is 61.1 Å². The van der Waals surface area contributed by atoms with Crippen LogP contribution in [0.5, 0.6) is 11.5 Å². The Balaban J connectivity index is 2.68. The highest BCUT2D eigenvalue weighted by Gasteiger charge is 2.34. The van der Waals surface area contributed by atoms with Gasteiger partial charge in [-0.15, -0.1) is 0 Å². The first kappa shape index (κ1) is 30.2. The quantitative estimate of drug-likeness (QED) is 0.182. The first-order chi connectivity index (χ1) is 17.6. The van der Waals surface area contributed by atoms with E-state index in [1.165, 1.54) is 12.1 Å². The fraction of sp³-hybridized carbons (Fsp3) is 0.500. The summed E-state index contributed by atoms with van der Waals surface area (Å²) in [4.78, 5) is 22.8. The van der Waals surface area contributed by atoms with Crippen LogP contribution < -0.4 is 0 Å². The second kappa shape index (κ2) is 14.0. The van der Waals surface area contributed by atoms with Crippen LogP contribution in [0.3, 0.4) is 0 Å². The second-order valence-corrected chi connectivity index (χ2v) is 11.1. The lowest BCUT2D eigenvalue weighted by Gasteiger charge is -2.19. The summed E-state index contributed by atoms with van der Waals surface area (Å²) in [6.45, 7) is 4.11. The first-order valence-corrected chi connectivity index (χ1v) is 14.5. The highest BCUT2D eigenvalue weighted by molar-refractivity contribution is 7.91. The molecule has 0 spiro atoms. The summed E-state index contributed by atoms with van der Waals surface area (Å²) < 4.78 is 28.1. The maximum atomic E-state index is 14.0. The summed E-state index contributed by atoms with van der Waals surface area (Å²) in [6.07, 6.45) is 8.54.